The molecule has 4 fully saturated rings. The van der Waals surface area contributed by atoms with Crippen molar-refractivity contribution in [2.45, 2.75) is 165 Å². The molecule has 12 atom stereocenters. The van der Waals surface area contributed by atoms with Gasteiger partial charge in [-0.2, -0.15) is 0 Å². The van der Waals surface area contributed by atoms with Crippen LogP contribution in [-0.2, 0) is 54.7 Å². The lowest BCUT2D eigenvalue weighted by Crippen LogP contribution is -2.58. The molecule has 3 aromatic carbocycles. The van der Waals surface area contributed by atoms with Gasteiger partial charge in [-0.1, -0.05) is 125 Å². The van der Waals surface area contributed by atoms with Gasteiger partial charge in [-0.15, -0.1) is 23.5 Å². The highest BCUT2D eigenvalue weighted by Crippen LogP contribution is 2.49. The molecule has 0 aromatic heterocycles. The summed E-state index contributed by atoms with van der Waals surface area (Å²) in [7, 11) is 3.68. The Morgan fingerprint density at radius 1 is 0.622 bits per heavy atom. The zero-order valence-corrected chi connectivity index (χ0v) is 47.2. The lowest BCUT2D eigenvalue weighted by Gasteiger charge is -2.35. The molecule has 4 amide bonds. The van der Waals surface area contributed by atoms with Crippen molar-refractivity contribution in [1.29, 1.82) is 0 Å². The Bertz CT molecular complexity index is 2430. The Labute approximate surface area is 456 Å². The molecule has 74 heavy (non-hydrogen) atoms. The molecule has 4 heterocycles. The van der Waals surface area contributed by atoms with Gasteiger partial charge in [0.1, 0.15) is 24.2 Å². The Hall–Kier alpha value is -4.14. The highest BCUT2D eigenvalue weighted by molar-refractivity contribution is 8.00. The Kier molecular flexibility index (Phi) is 16.9. The fraction of sp³-hybridized carbons (Fsp3) is 0.571. The molecule has 2 aliphatic carbocycles. The fourth-order valence-corrected chi connectivity index (χ4v) is 15.6. The summed E-state index contributed by atoms with van der Waals surface area (Å²) in [6.45, 7) is 13.0. The largest absolute Gasteiger partial charge is 0.371 e. The molecule has 4 saturated heterocycles. The Balaban J connectivity index is 0.841. The molecule has 0 radical (unpaired) electrons. The molecule has 0 spiro atoms. The van der Waals surface area contributed by atoms with Crippen molar-refractivity contribution >= 4 is 81.6 Å². The number of thiocarbonyl (C=S) groups is 2. The topological polar surface area (TPSA) is 165 Å². The number of fused-ring (bicyclic) bond motifs is 4. The predicted octanol–water partition coefficient (Wildman–Crippen LogP) is 6.25. The molecule has 9 rings (SSSR count). The third-order valence-corrected chi connectivity index (χ3v) is 19.7. The average molecular weight is 1080 g/mol. The fourth-order valence-electron chi connectivity index (χ4n) is 11.9. The van der Waals surface area contributed by atoms with Gasteiger partial charge in [-0.05, 0) is 109 Å². The van der Waals surface area contributed by atoms with Crippen LogP contribution in [0.5, 0.6) is 0 Å². The van der Waals surface area contributed by atoms with Crippen LogP contribution >= 0.6 is 48.0 Å². The van der Waals surface area contributed by atoms with E-state index in [1.807, 2.05) is 62.0 Å². The van der Waals surface area contributed by atoms with Crippen LogP contribution < -0.4 is 31.9 Å². The van der Waals surface area contributed by atoms with Crippen LogP contribution in [0.15, 0.2) is 72.8 Å². The van der Waals surface area contributed by atoms with Crippen LogP contribution in [0.3, 0.4) is 0 Å². The van der Waals surface area contributed by atoms with E-state index in [9.17, 15) is 19.2 Å². The second kappa shape index (κ2) is 22.8. The van der Waals surface area contributed by atoms with Crippen molar-refractivity contribution in [3.63, 3.8) is 0 Å². The average Bonchev–Trinajstić information content (AvgIpc) is 4.03. The van der Waals surface area contributed by atoms with E-state index in [1.165, 1.54) is 0 Å². The van der Waals surface area contributed by atoms with Gasteiger partial charge in [0.15, 0.2) is 0 Å². The van der Waals surface area contributed by atoms with E-state index < -0.39 is 47.1 Å². The summed E-state index contributed by atoms with van der Waals surface area (Å²) in [4.78, 5) is 63.0. The van der Waals surface area contributed by atoms with Crippen LogP contribution in [0.25, 0.3) is 0 Å². The standard InChI is InChI=1S/C56H74N8O6S4/c1-31(57-7)51(71)59-39-21-23-73-43-27-55(3,4)47(63(43)53(39)67)49(65)61-45-37-15-11-9-13-35(37)25-41(45)69-29-33-17-19-34(20-18-33)30-70-42-26-36-14-10-12-16-38(36)46(42)62-50(66)48-56(5,6)28-44-64(48)54(68)40(22-24-74-44)60-52(72)32(2)58-8/h9-20,31-32,39-48,57-58H,21-30H2,1-8H3,(H,59,71)(H,60,72)(H,61,65)(H,62,66)/t31-,32-,39-,40-,41+,42+,43-,44-,45-,46?,47+,48+/m0/s1. The number of hydrogen-bond donors (Lipinski definition) is 6. The van der Waals surface area contributed by atoms with Crippen LogP contribution in [0.2, 0.25) is 0 Å². The SMILES string of the molecule is CN[C@@H](C)C(=S)N[C@H]1CCS[C@H]2CC(C)(C)[C@@H](C(=O)NC3c4ccccc4C[C@H]3OCc3ccc(CO[C@@H]4Cc5ccccc5[C@@H]4NC(=O)[C@H]4N5C(=O)[C@@H](NC(=S)[C@H](C)NC)CCS[C@H]5CC4(C)C)cc3)N2C1=O. The van der Waals surface area contributed by atoms with E-state index in [0.29, 0.717) is 61.7 Å². The van der Waals surface area contributed by atoms with Gasteiger partial charge in [0.05, 0.1) is 70.3 Å². The molecule has 0 saturated carbocycles. The number of amides is 4. The first-order valence-corrected chi connectivity index (χ1v) is 29.2. The first-order valence-electron chi connectivity index (χ1n) is 26.3. The molecule has 3 aromatic rings. The predicted molar refractivity (Wildman–Crippen MR) is 302 cm³/mol. The van der Waals surface area contributed by atoms with E-state index in [2.05, 4.69) is 108 Å². The first-order chi connectivity index (χ1) is 35.4. The lowest BCUT2D eigenvalue weighted by molar-refractivity contribution is -0.143. The zero-order valence-electron chi connectivity index (χ0n) is 43.9. The van der Waals surface area contributed by atoms with Gasteiger partial charge in [-0.3, -0.25) is 19.2 Å². The first kappa shape index (κ1) is 54.6. The van der Waals surface area contributed by atoms with Crippen LogP contribution in [-0.4, -0.2) is 128 Å². The maximum absolute atomic E-state index is 14.7. The van der Waals surface area contributed by atoms with E-state index >= 15 is 0 Å². The number of ether oxygens (including phenoxy) is 2. The van der Waals surface area contributed by atoms with Crippen LogP contribution in [0.4, 0.5) is 0 Å². The van der Waals surface area contributed by atoms with Gasteiger partial charge >= 0.3 is 0 Å². The number of likely N-dealkylation sites (N-methyl/N-ethyl adjacent to an activating group) is 2. The Morgan fingerprint density at radius 2 is 1.00 bits per heavy atom. The molecule has 398 valence electrons. The van der Waals surface area contributed by atoms with Crippen molar-refractivity contribution in [2.75, 3.05) is 25.6 Å². The van der Waals surface area contributed by atoms with E-state index in [-0.39, 0.29) is 58.7 Å². The van der Waals surface area contributed by atoms with Crippen molar-refractivity contribution in [3.05, 3.63) is 106 Å². The van der Waals surface area contributed by atoms with Crippen LogP contribution in [0, 0.1) is 10.8 Å². The maximum atomic E-state index is 14.7. The summed E-state index contributed by atoms with van der Waals surface area (Å²) in [6.07, 6.45) is 3.34. The summed E-state index contributed by atoms with van der Waals surface area (Å²) < 4.78 is 13.4. The highest BCUT2D eigenvalue weighted by Gasteiger charge is 2.57. The number of nitrogens with one attached hydrogen (secondary N) is 6. The van der Waals surface area contributed by atoms with E-state index in [4.69, 9.17) is 33.9 Å². The van der Waals surface area contributed by atoms with Gasteiger partial charge in [-0.25, -0.2) is 0 Å². The molecule has 0 bridgehead atoms. The summed E-state index contributed by atoms with van der Waals surface area (Å²) >= 11 is 14.8. The molecule has 6 N–H and O–H groups in total. The minimum Gasteiger partial charge on any atom is -0.371 e. The van der Waals surface area contributed by atoms with Crippen LogP contribution in [0.1, 0.15) is 113 Å². The molecule has 18 heteroatoms. The van der Waals surface area contributed by atoms with Crippen molar-refractivity contribution in [2.24, 2.45) is 10.8 Å². The second-order valence-corrected chi connectivity index (χ2v) is 25.8. The highest BCUT2D eigenvalue weighted by atomic mass is 32.2. The number of benzene rings is 3. The van der Waals surface area contributed by atoms with Crippen molar-refractivity contribution < 1.29 is 28.7 Å². The van der Waals surface area contributed by atoms with Gasteiger partial charge < -0.3 is 51.2 Å². The maximum Gasteiger partial charge on any atom is 0.246 e. The molecular formula is C56H74N8O6S4. The number of thioether (sulfide) groups is 2. The molecule has 4 aliphatic heterocycles. The molecule has 1 unspecified atom stereocenters. The number of carbonyl (C=O) groups excluding carboxylic acids is 4. The third-order valence-electron chi connectivity index (χ3n) is 16.3. The molecule has 14 nitrogen and oxygen atoms in total. The number of hydrogen-bond acceptors (Lipinski definition) is 12. The van der Waals surface area contributed by atoms with Crippen molar-refractivity contribution in [3.8, 4) is 0 Å². The number of rotatable bonds is 16. The summed E-state index contributed by atoms with van der Waals surface area (Å²) in [5, 5.41) is 19.6. The number of nitrogens with zero attached hydrogens (tertiary/aromatic N) is 2. The summed E-state index contributed by atoms with van der Waals surface area (Å²) in [6, 6.07) is 21.3. The molecule has 6 aliphatic rings. The van der Waals surface area contributed by atoms with Gasteiger partial charge in [0.2, 0.25) is 23.6 Å². The minimum atomic E-state index is -0.664. The van der Waals surface area contributed by atoms with Crippen molar-refractivity contribution in [1.82, 2.24) is 41.7 Å². The van der Waals surface area contributed by atoms with E-state index in [0.717, 1.165) is 44.9 Å². The normalized spacial score (nSPS) is 29.5. The quantitative estimate of drug-likeness (QED) is 0.0893. The Morgan fingerprint density at radius 3 is 1.38 bits per heavy atom. The van der Waals surface area contributed by atoms with E-state index in [1.54, 1.807) is 23.5 Å². The third kappa shape index (κ3) is 11.3. The summed E-state index contributed by atoms with van der Waals surface area (Å²) in [5.41, 5.74) is 5.38. The smallest absolute Gasteiger partial charge is 0.246 e. The van der Waals surface area contributed by atoms with Gasteiger partial charge in [0.25, 0.3) is 0 Å². The minimum absolute atomic E-state index is 0.0824. The lowest BCUT2D eigenvalue weighted by atomic mass is 9.83. The zero-order chi connectivity index (χ0) is 52.6. The monoisotopic (exact) mass is 1080 g/mol. The number of carbonyl (C=O) groups is 4. The summed E-state index contributed by atoms with van der Waals surface area (Å²) in [5.74, 6) is 1.07. The second-order valence-electron chi connectivity index (χ2n) is 22.3. The molecular weight excluding hydrogens is 1010 g/mol. The van der Waals surface area contributed by atoms with Gasteiger partial charge in [0, 0.05) is 12.8 Å².